The molecule has 0 radical (unpaired) electrons. The number of nitrogens with zero attached hydrogens (tertiary/aromatic N) is 7. The van der Waals surface area contributed by atoms with Gasteiger partial charge in [-0.3, -0.25) is 35.1 Å². The van der Waals surface area contributed by atoms with Crippen LogP contribution in [0.15, 0.2) is 88.3 Å². The minimum atomic E-state index is -0.837. The van der Waals surface area contributed by atoms with Crippen LogP contribution in [0.5, 0.6) is 0 Å². The maximum absolute atomic E-state index is 13.7. The van der Waals surface area contributed by atoms with Gasteiger partial charge in [0.1, 0.15) is 5.04 Å². The number of non-ortho nitro benzene ring substituents is 3. The number of carbonyl (C=O) groups excluding carboxylic acids is 2. The van der Waals surface area contributed by atoms with Crippen molar-refractivity contribution in [1.29, 1.82) is 0 Å². The van der Waals surface area contributed by atoms with Gasteiger partial charge in [0.25, 0.3) is 23.0 Å². The molecule has 0 bridgehead atoms. The molecular formula is C29H15N7O9S2. The predicted molar refractivity (Wildman–Crippen MR) is 169 cm³/mol. The van der Waals surface area contributed by atoms with E-state index in [1.54, 1.807) is 3.97 Å². The SMILES string of the molecule is O=C1OC2Sn3c(-c4ccc([N+](=O)[O-])cc4)nnc3C2C(c2ccc([N+](=O)[O-])cc2)=C1C1=NC(=O)/C(=C\c2ccc([N+](=O)[O-])cc2)S1. The van der Waals surface area contributed by atoms with E-state index in [1.807, 2.05) is 0 Å². The maximum Gasteiger partial charge on any atom is 0.342 e. The Kier molecular flexibility index (Phi) is 7.21. The van der Waals surface area contributed by atoms with Gasteiger partial charge in [0.15, 0.2) is 17.1 Å². The molecule has 3 aliphatic rings. The highest BCUT2D eigenvalue weighted by molar-refractivity contribution is 8.19. The fourth-order valence-electron chi connectivity index (χ4n) is 5.21. The van der Waals surface area contributed by atoms with Gasteiger partial charge >= 0.3 is 5.97 Å². The fraction of sp³-hybridized carbons (Fsp3) is 0.0690. The van der Waals surface area contributed by atoms with Crippen molar-refractivity contribution in [2.75, 3.05) is 0 Å². The molecule has 0 saturated heterocycles. The molecule has 0 N–H and O–H groups in total. The summed E-state index contributed by atoms with van der Waals surface area (Å²) in [5.41, 5.74) is 0.548. The molecule has 3 aliphatic heterocycles. The normalized spacial score (nSPS) is 19.3. The summed E-state index contributed by atoms with van der Waals surface area (Å²) in [7, 11) is 0. The molecule has 2 atom stereocenters. The van der Waals surface area contributed by atoms with E-state index in [0.717, 1.165) is 23.7 Å². The van der Waals surface area contributed by atoms with E-state index < -0.39 is 38.0 Å². The molecule has 18 heteroatoms. The number of ether oxygens (including phenoxy) is 1. The first-order valence-corrected chi connectivity index (χ1v) is 15.1. The number of amides is 1. The number of benzene rings is 3. The number of rotatable bonds is 7. The fourth-order valence-corrected chi connectivity index (χ4v) is 7.39. The lowest BCUT2D eigenvalue weighted by Crippen LogP contribution is -2.31. The molecule has 0 spiro atoms. The highest BCUT2D eigenvalue weighted by Gasteiger charge is 2.50. The summed E-state index contributed by atoms with van der Waals surface area (Å²) in [6.45, 7) is 0. The van der Waals surface area contributed by atoms with Crippen LogP contribution in [-0.4, -0.2) is 51.3 Å². The Balaban J connectivity index is 1.32. The second-order valence-corrected chi connectivity index (χ2v) is 12.2. The van der Waals surface area contributed by atoms with Crippen molar-refractivity contribution in [3.63, 3.8) is 0 Å². The molecule has 4 heterocycles. The third kappa shape index (κ3) is 5.24. The summed E-state index contributed by atoms with van der Waals surface area (Å²) in [4.78, 5) is 62.9. The number of aromatic nitrogens is 3. The molecule has 4 aromatic rings. The van der Waals surface area contributed by atoms with Crippen molar-refractivity contribution in [1.82, 2.24) is 14.2 Å². The van der Waals surface area contributed by atoms with Crippen LogP contribution in [0.3, 0.4) is 0 Å². The van der Waals surface area contributed by atoms with E-state index in [4.69, 9.17) is 4.74 Å². The summed E-state index contributed by atoms with van der Waals surface area (Å²) in [5, 5.41) is 42.3. The highest BCUT2D eigenvalue weighted by atomic mass is 32.2. The quantitative estimate of drug-likeness (QED) is 0.106. The van der Waals surface area contributed by atoms with Crippen molar-refractivity contribution in [2.24, 2.45) is 4.99 Å². The number of nitro benzene ring substituents is 3. The van der Waals surface area contributed by atoms with Crippen LogP contribution in [0.1, 0.15) is 22.9 Å². The molecule has 7 rings (SSSR count). The van der Waals surface area contributed by atoms with Crippen LogP contribution < -0.4 is 0 Å². The first-order chi connectivity index (χ1) is 22.6. The van der Waals surface area contributed by atoms with Crippen molar-refractivity contribution in [3.05, 3.63) is 131 Å². The van der Waals surface area contributed by atoms with Gasteiger partial charge in [-0.2, -0.15) is 0 Å². The number of hydrogen-bond donors (Lipinski definition) is 0. The topological polar surface area (TPSA) is 216 Å². The third-order valence-corrected chi connectivity index (χ3v) is 9.52. The molecule has 0 saturated carbocycles. The first kappa shape index (κ1) is 29.7. The standard InChI is InChI=1S/C29H15N7O9S2/c37-26-20(13-14-1-7-17(8-2-14)34(39)40)46-27(30-26)23-21(15-3-9-18(10-4-15)35(41)42)22-25-32-31-24(33(25)47-29(22)45-28(23)38)16-5-11-19(12-6-16)36(43)44/h1-13,22,29H/b20-13+. The van der Waals surface area contributed by atoms with Crippen LogP contribution in [0.2, 0.25) is 0 Å². The zero-order valence-corrected chi connectivity index (χ0v) is 24.9. The minimum Gasteiger partial charge on any atom is -0.445 e. The lowest BCUT2D eigenvalue weighted by molar-refractivity contribution is -0.385. The molecule has 1 aromatic heterocycles. The minimum absolute atomic E-state index is 0.0283. The van der Waals surface area contributed by atoms with Crippen LogP contribution in [0.25, 0.3) is 23.0 Å². The average molecular weight is 670 g/mol. The van der Waals surface area contributed by atoms with Gasteiger partial charge in [-0.1, -0.05) is 11.8 Å². The number of thioether (sulfide) groups is 1. The number of nitro groups is 3. The Hall–Kier alpha value is -6.01. The van der Waals surface area contributed by atoms with E-state index in [-0.39, 0.29) is 32.6 Å². The summed E-state index contributed by atoms with van der Waals surface area (Å²) in [6.07, 6.45) is 1.49. The van der Waals surface area contributed by atoms with E-state index in [0.29, 0.717) is 33.9 Å². The largest absolute Gasteiger partial charge is 0.445 e. The van der Waals surface area contributed by atoms with E-state index in [9.17, 15) is 39.9 Å². The molecule has 2 unspecified atom stereocenters. The van der Waals surface area contributed by atoms with Crippen molar-refractivity contribution >= 4 is 69.3 Å². The van der Waals surface area contributed by atoms with Gasteiger partial charge in [-0.15, -0.1) is 10.2 Å². The van der Waals surface area contributed by atoms with E-state index in [2.05, 4.69) is 15.2 Å². The van der Waals surface area contributed by atoms with Crippen molar-refractivity contribution in [3.8, 4) is 11.4 Å². The highest BCUT2D eigenvalue weighted by Crippen LogP contribution is 2.53. The summed E-state index contributed by atoms with van der Waals surface area (Å²) >= 11 is 2.04. The van der Waals surface area contributed by atoms with Crippen LogP contribution >= 0.6 is 23.7 Å². The second kappa shape index (κ2) is 11.4. The zero-order valence-electron chi connectivity index (χ0n) is 23.3. The maximum atomic E-state index is 13.7. The van der Waals surface area contributed by atoms with Gasteiger partial charge in [0, 0.05) is 53.9 Å². The van der Waals surface area contributed by atoms with Gasteiger partial charge in [-0.05, 0) is 59.2 Å². The summed E-state index contributed by atoms with van der Waals surface area (Å²) in [6, 6.07) is 16.8. The first-order valence-electron chi connectivity index (χ1n) is 13.4. The molecule has 232 valence electrons. The second-order valence-electron chi connectivity index (χ2n) is 10.1. The Morgan fingerprint density at radius 2 is 1.32 bits per heavy atom. The smallest absolute Gasteiger partial charge is 0.342 e. The molecule has 16 nitrogen and oxygen atoms in total. The monoisotopic (exact) mass is 669 g/mol. The Bertz CT molecular complexity index is 2140. The number of esters is 1. The Labute approximate surface area is 270 Å². The number of carbonyl (C=O) groups is 2. The zero-order chi connectivity index (χ0) is 33.0. The van der Waals surface area contributed by atoms with E-state index in [1.165, 1.54) is 78.9 Å². The molecular weight excluding hydrogens is 654 g/mol. The lowest BCUT2D eigenvalue weighted by Gasteiger charge is -2.28. The van der Waals surface area contributed by atoms with Gasteiger partial charge in [0.05, 0.1) is 31.2 Å². The third-order valence-electron chi connectivity index (χ3n) is 7.38. The lowest BCUT2D eigenvalue weighted by atomic mass is 9.86. The molecule has 3 aromatic carbocycles. The Morgan fingerprint density at radius 3 is 1.89 bits per heavy atom. The molecule has 0 fully saturated rings. The van der Waals surface area contributed by atoms with Gasteiger partial charge in [-0.25, -0.2) is 13.8 Å². The van der Waals surface area contributed by atoms with Crippen LogP contribution in [0, 0.1) is 30.3 Å². The Morgan fingerprint density at radius 1 is 0.766 bits per heavy atom. The number of aliphatic imine (C=N–C) groups is 1. The summed E-state index contributed by atoms with van der Waals surface area (Å²) in [5.74, 6) is -1.43. The predicted octanol–water partition coefficient (Wildman–Crippen LogP) is 5.31. The van der Waals surface area contributed by atoms with Crippen molar-refractivity contribution < 1.29 is 29.1 Å². The number of fused-ring (bicyclic) bond motifs is 3. The average Bonchev–Trinajstić information content (AvgIpc) is 3.74. The molecule has 1 amide bonds. The van der Waals surface area contributed by atoms with Gasteiger partial charge < -0.3 is 4.74 Å². The molecule has 0 aliphatic carbocycles. The van der Waals surface area contributed by atoms with Gasteiger partial charge in [0.2, 0.25) is 0 Å². The van der Waals surface area contributed by atoms with Crippen LogP contribution in [-0.2, 0) is 14.3 Å². The summed E-state index contributed by atoms with van der Waals surface area (Å²) < 4.78 is 7.51. The van der Waals surface area contributed by atoms with E-state index >= 15 is 0 Å². The molecule has 47 heavy (non-hydrogen) atoms. The van der Waals surface area contributed by atoms with Crippen LogP contribution in [0.4, 0.5) is 17.1 Å². The number of hydrogen-bond acceptors (Lipinski definition) is 13. The van der Waals surface area contributed by atoms with Crippen molar-refractivity contribution in [2.45, 2.75) is 11.4 Å².